The minimum absolute atomic E-state index is 0.924. The average Bonchev–Trinajstić information content (AvgIpc) is 3.06. The van der Waals surface area contributed by atoms with Gasteiger partial charge in [0.15, 0.2) is 0 Å². The topological polar surface area (TPSA) is 13.1 Å². The minimum Gasteiger partial charge on any atom is -0.455 e. The summed E-state index contributed by atoms with van der Waals surface area (Å²) in [7, 11) is 0. The van der Waals surface area contributed by atoms with Gasteiger partial charge in [-0.1, -0.05) is 34.1 Å². The van der Waals surface area contributed by atoms with Gasteiger partial charge in [-0.3, -0.25) is 0 Å². The van der Waals surface area contributed by atoms with Gasteiger partial charge in [0, 0.05) is 35.2 Å². The first-order chi connectivity index (χ1) is 10.7. The molecule has 0 unspecified atom stereocenters. The summed E-state index contributed by atoms with van der Waals surface area (Å²) in [4.78, 5) is 0. The molecule has 0 saturated carbocycles. The molecule has 5 rings (SSSR count). The monoisotopic (exact) mass is 430 g/mol. The molecule has 2 aromatic heterocycles. The number of hydrogen-bond acceptors (Lipinski definition) is 2. The van der Waals surface area contributed by atoms with Crippen LogP contribution in [0.15, 0.2) is 61.9 Å². The highest BCUT2D eigenvalue weighted by molar-refractivity contribution is 9.11. The fourth-order valence-electron chi connectivity index (χ4n) is 3.05. The van der Waals surface area contributed by atoms with Crippen molar-refractivity contribution < 1.29 is 4.42 Å². The minimum atomic E-state index is 0.924. The van der Waals surface area contributed by atoms with Crippen molar-refractivity contribution in [3.63, 3.8) is 0 Å². The van der Waals surface area contributed by atoms with Crippen LogP contribution in [0, 0.1) is 0 Å². The third-order valence-electron chi connectivity index (χ3n) is 4.00. The number of fused-ring (bicyclic) bond motifs is 7. The molecule has 4 heteroatoms. The van der Waals surface area contributed by atoms with Gasteiger partial charge < -0.3 is 4.42 Å². The van der Waals surface area contributed by atoms with E-state index in [0.717, 1.165) is 30.9 Å². The van der Waals surface area contributed by atoms with Gasteiger partial charge in [0.1, 0.15) is 11.2 Å². The van der Waals surface area contributed by atoms with Gasteiger partial charge in [0.25, 0.3) is 0 Å². The average molecular weight is 432 g/mol. The number of furan rings is 1. The van der Waals surface area contributed by atoms with E-state index in [1.54, 1.807) is 11.3 Å². The summed E-state index contributed by atoms with van der Waals surface area (Å²) >= 11 is 9.09. The standard InChI is InChI=1S/C18H8Br2OS/c19-9-5-6-14-11(7-9)12-8-13(20)18-16(17(12)21-14)10-3-1-2-4-15(10)22-18/h1-8H. The van der Waals surface area contributed by atoms with Gasteiger partial charge >= 0.3 is 0 Å². The lowest BCUT2D eigenvalue weighted by Gasteiger charge is -1.97. The predicted molar refractivity (Wildman–Crippen MR) is 102 cm³/mol. The van der Waals surface area contributed by atoms with Crippen LogP contribution in [0.3, 0.4) is 0 Å². The summed E-state index contributed by atoms with van der Waals surface area (Å²) in [6.07, 6.45) is 0. The normalized spacial score (nSPS) is 12.1. The largest absolute Gasteiger partial charge is 0.455 e. The van der Waals surface area contributed by atoms with Gasteiger partial charge in [0.2, 0.25) is 0 Å². The summed E-state index contributed by atoms with van der Waals surface area (Å²) in [5.41, 5.74) is 1.90. The fraction of sp³-hybridized carbons (Fsp3) is 0. The second kappa shape index (κ2) is 4.57. The van der Waals surface area contributed by atoms with Crippen molar-refractivity contribution in [2.75, 3.05) is 0 Å². The van der Waals surface area contributed by atoms with Crippen LogP contribution in [0.25, 0.3) is 42.1 Å². The van der Waals surface area contributed by atoms with Crippen LogP contribution >= 0.6 is 43.2 Å². The maximum Gasteiger partial charge on any atom is 0.144 e. The van der Waals surface area contributed by atoms with Crippen molar-refractivity contribution in [3.05, 3.63) is 57.5 Å². The first-order valence-electron chi connectivity index (χ1n) is 6.84. The van der Waals surface area contributed by atoms with Gasteiger partial charge in [-0.05, 0) is 46.3 Å². The number of halogens is 2. The molecule has 5 aromatic rings. The van der Waals surface area contributed by atoms with Crippen molar-refractivity contribution in [2.24, 2.45) is 0 Å². The molecule has 1 nitrogen and oxygen atoms in total. The van der Waals surface area contributed by atoms with E-state index >= 15 is 0 Å². The first kappa shape index (κ1) is 13.1. The Morgan fingerprint density at radius 2 is 1.73 bits per heavy atom. The Hall–Kier alpha value is -1.36. The smallest absolute Gasteiger partial charge is 0.144 e. The zero-order valence-corrected chi connectivity index (χ0v) is 15.2. The summed E-state index contributed by atoms with van der Waals surface area (Å²) in [6, 6.07) is 16.8. The maximum atomic E-state index is 6.21. The van der Waals surface area contributed by atoms with Crippen molar-refractivity contribution in [3.8, 4) is 0 Å². The van der Waals surface area contributed by atoms with Gasteiger partial charge in [0.05, 0.1) is 4.70 Å². The summed E-state index contributed by atoms with van der Waals surface area (Å²) in [5, 5.41) is 4.76. The third-order valence-corrected chi connectivity index (χ3v) is 6.58. The Morgan fingerprint density at radius 3 is 2.64 bits per heavy atom. The molecule has 0 N–H and O–H groups in total. The van der Waals surface area contributed by atoms with Crippen molar-refractivity contribution in [1.82, 2.24) is 0 Å². The number of benzene rings is 3. The van der Waals surface area contributed by atoms with E-state index < -0.39 is 0 Å². The van der Waals surface area contributed by atoms with Gasteiger partial charge in [-0.15, -0.1) is 11.3 Å². The fourth-order valence-corrected chi connectivity index (χ4v) is 5.19. The van der Waals surface area contributed by atoms with Crippen molar-refractivity contribution in [1.29, 1.82) is 0 Å². The van der Waals surface area contributed by atoms with E-state index in [9.17, 15) is 0 Å². The molecule has 0 aliphatic heterocycles. The molecule has 3 aromatic carbocycles. The Morgan fingerprint density at radius 1 is 0.864 bits per heavy atom. The van der Waals surface area contributed by atoms with E-state index in [0.29, 0.717) is 0 Å². The van der Waals surface area contributed by atoms with E-state index in [4.69, 9.17) is 4.42 Å². The molecular weight excluding hydrogens is 424 g/mol. The number of rotatable bonds is 0. The molecule has 106 valence electrons. The van der Waals surface area contributed by atoms with Crippen LogP contribution in [0.4, 0.5) is 0 Å². The highest BCUT2D eigenvalue weighted by atomic mass is 79.9. The summed E-state index contributed by atoms with van der Waals surface area (Å²) < 4.78 is 10.9. The van der Waals surface area contributed by atoms with Crippen LogP contribution < -0.4 is 0 Å². The summed E-state index contributed by atoms with van der Waals surface area (Å²) in [5.74, 6) is 0. The quantitative estimate of drug-likeness (QED) is 0.247. The Bertz CT molecular complexity index is 1200. The molecule has 22 heavy (non-hydrogen) atoms. The van der Waals surface area contributed by atoms with Crippen molar-refractivity contribution >= 4 is 85.3 Å². The van der Waals surface area contributed by atoms with E-state index in [1.165, 1.54) is 20.2 Å². The molecule has 0 spiro atoms. The molecule has 0 radical (unpaired) electrons. The van der Waals surface area contributed by atoms with Gasteiger partial charge in [-0.2, -0.15) is 0 Å². The molecule has 0 aliphatic carbocycles. The number of thiophene rings is 1. The number of hydrogen-bond donors (Lipinski definition) is 0. The molecule has 0 bridgehead atoms. The SMILES string of the molecule is Brc1ccc2oc3c(cc(Br)c4sc5ccccc5c43)c2c1. The lowest BCUT2D eigenvalue weighted by atomic mass is 10.1. The van der Waals surface area contributed by atoms with Crippen LogP contribution in [-0.4, -0.2) is 0 Å². The summed E-state index contributed by atoms with van der Waals surface area (Å²) in [6.45, 7) is 0. The molecule has 0 saturated heterocycles. The molecule has 0 amide bonds. The lowest BCUT2D eigenvalue weighted by Crippen LogP contribution is -1.72. The Labute approximate surface area is 146 Å². The second-order valence-electron chi connectivity index (χ2n) is 5.28. The maximum absolute atomic E-state index is 6.21. The molecule has 0 aliphatic rings. The molecule has 0 fully saturated rings. The lowest BCUT2D eigenvalue weighted by molar-refractivity contribution is 0.673. The molecular formula is C18H8Br2OS. The van der Waals surface area contributed by atoms with Crippen LogP contribution in [0.5, 0.6) is 0 Å². The first-order valence-corrected chi connectivity index (χ1v) is 9.24. The van der Waals surface area contributed by atoms with Gasteiger partial charge in [-0.25, -0.2) is 0 Å². The molecule has 0 atom stereocenters. The van der Waals surface area contributed by atoms with E-state index in [2.05, 4.69) is 68.3 Å². The second-order valence-corrected chi connectivity index (χ2v) is 8.10. The Kier molecular flexibility index (Phi) is 2.72. The van der Waals surface area contributed by atoms with Crippen molar-refractivity contribution in [2.45, 2.75) is 0 Å². The van der Waals surface area contributed by atoms with Crippen LogP contribution in [0.1, 0.15) is 0 Å². The highest BCUT2D eigenvalue weighted by Gasteiger charge is 2.17. The Balaban J connectivity index is 2.13. The van der Waals surface area contributed by atoms with E-state index in [-0.39, 0.29) is 0 Å². The zero-order chi connectivity index (χ0) is 14.8. The third kappa shape index (κ3) is 1.69. The predicted octanol–water partition coefficient (Wildman–Crippen LogP) is 7.48. The molecule has 2 heterocycles. The van der Waals surface area contributed by atoms with E-state index in [1.807, 2.05) is 12.1 Å². The van der Waals surface area contributed by atoms with Crippen LogP contribution in [0.2, 0.25) is 0 Å². The highest BCUT2D eigenvalue weighted by Crippen LogP contribution is 2.45. The van der Waals surface area contributed by atoms with Crippen LogP contribution in [-0.2, 0) is 0 Å². The zero-order valence-electron chi connectivity index (χ0n) is 11.2.